The SMILES string of the molecule is CC(C)Cc1nc2c(cnn2[C@@H]2CCN(C3CS(=O)(=O)C3)C[C@H]2C)c(-c2ccc3c(c2)OCC(=O)N3Cc2ncc(Cl)cc2F)c1C(N)=O. The Morgan fingerprint density at radius 1 is 1.18 bits per heavy atom. The molecule has 6 heterocycles. The fourth-order valence-electron chi connectivity index (χ4n) is 7.30. The number of carbonyl (C=O) groups excluding carboxylic acids is 2. The van der Waals surface area contributed by atoms with Gasteiger partial charge in [0.2, 0.25) is 0 Å². The van der Waals surface area contributed by atoms with Gasteiger partial charge in [0.05, 0.1) is 58.0 Å². The number of sulfone groups is 1. The Balaban J connectivity index is 1.29. The first-order valence-corrected chi connectivity index (χ1v) is 18.5. The van der Waals surface area contributed by atoms with Gasteiger partial charge in [0.15, 0.2) is 22.1 Å². The molecule has 0 unspecified atom stereocenters. The monoisotopic (exact) mass is 709 g/mol. The molecule has 0 saturated carbocycles. The molecular formula is C34H37ClFN7O5S. The Labute approximate surface area is 288 Å². The van der Waals surface area contributed by atoms with E-state index in [1.807, 2.05) is 18.5 Å². The van der Waals surface area contributed by atoms with Crippen molar-refractivity contribution >= 4 is 50.0 Å². The highest BCUT2D eigenvalue weighted by atomic mass is 35.5. The van der Waals surface area contributed by atoms with E-state index in [0.717, 1.165) is 25.6 Å². The number of amides is 2. The first-order valence-electron chi connectivity index (χ1n) is 16.3. The number of aromatic nitrogens is 4. The number of fused-ring (bicyclic) bond motifs is 2. The smallest absolute Gasteiger partial charge is 0.265 e. The van der Waals surface area contributed by atoms with Gasteiger partial charge in [0.25, 0.3) is 11.8 Å². The van der Waals surface area contributed by atoms with Gasteiger partial charge in [0.1, 0.15) is 11.6 Å². The third-order valence-corrected chi connectivity index (χ3v) is 11.7. The molecule has 1 aromatic carbocycles. The summed E-state index contributed by atoms with van der Waals surface area (Å²) in [6.45, 7) is 7.33. The Bertz CT molecular complexity index is 2090. The van der Waals surface area contributed by atoms with Crippen molar-refractivity contribution in [2.24, 2.45) is 17.6 Å². The van der Waals surface area contributed by atoms with Gasteiger partial charge in [-0.1, -0.05) is 38.4 Å². The first-order chi connectivity index (χ1) is 23.3. The Kier molecular flexibility index (Phi) is 8.60. The number of ether oxygens (including phenoxy) is 1. The average Bonchev–Trinajstić information content (AvgIpc) is 3.44. The number of likely N-dealkylation sites (tertiary alicyclic amines) is 1. The number of primary amides is 1. The first kappa shape index (κ1) is 33.4. The van der Waals surface area contributed by atoms with E-state index in [-0.39, 0.29) is 65.2 Å². The fourth-order valence-corrected chi connectivity index (χ4v) is 8.94. The molecular weight excluding hydrogens is 673 g/mol. The summed E-state index contributed by atoms with van der Waals surface area (Å²) in [6.07, 6.45) is 4.31. The lowest BCUT2D eigenvalue weighted by atomic mass is 9.91. The second-order valence-electron chi connectivity index (χ2n) is 13.7. The molecule has 3 aromatic heterocycles. The van der Waals surface area contributed by atoms with E-state index in [9.17, 15) is 22.4 Å². The maximum atomic E-state index is 14.7. The minimum atomic E-state index is -2.93. The summed E-state index contributed by atoms with van der Waals surface area (Å²) in [5, 5.41) is 5.63. The molecule has 2 N–H and O–H groups in total. The third-order valence-electron chi connectivity index (χ3n) is 9.66. The van der Waals surface area contributed by atoms with Crippen molar-refractivity contribution in [1.82, 2.24) is 24.6 Å². The molecule has 3 aliphatic heterocycles. The van der Waals surface area contributed by atoms with Crippen molar-refractivity contribution in [2.75, 3.05) is 36.1 Å². The van der Waals surface area contributed by atoms with Gasteiger partial charge in [-0.05, 0) is 48.4 Å². The number of piperidine rings is 1. The van der Waals surface area contributed by atoms with Crippen LogP contribution in [0.1, 0.15) is 55.0 Å². The lowest BCUT2D eigenvalue weighted by molar-refractivity contribution is -0.121. The summed E-state index contributed by atoms with van der Waals surface area (Å²) in [5.74, 6) is -0.481. The summed E-state index contributed by atoms with van der Waals surface area (Å²) in [4.78, 5) is 38.9. The third kappa shape index (κ3) is 6.25. The van der Waals surface area contributed by atoms with Crippen LogP contribution in [0.2, 0.25) is 5.02 Å². The number of rotatable bonds is 8. The zero-order chi connectivity index (χ0) is 34.8. The second kappa shape index (κ2) is 12.6. The van der Waals surface area contributed by atoms with Gasteiger partial charge in [0, 0.05) is 36.3 Å². The zero-order valence-electron chi connectivity index (χ0n) is 27.4. The number of halogens is 2. The van der Waals surface area contributed by atoms with E-state index >= 15 is 0 Å². The van der Waals surface area contributed by atoms with Crippen molar-refractivity contribution in [3.63, 3.8) is 0 Å². The fraction of sp³-hybridized carbons (Fsp3) is 0.441. The van der Waals surface area contributed by atoms with Crippen molar-refractivity contribution in [3.8, 4) is 16.9 Å². The maximum Gasteiger partial charge on any atom is 0.265 e. The summed E-state index contributed by atoms with van der Waals surface area (Å²) in [6, 6.07) is 6.46. The molecule has 15 heteroatoms. The van der Waals surface area contributed by atoms with Crippen LogP contribution in [0.15, 0.2) is 36.7 Å². The van der Waals surface area contributed by atoms with Crippen LogP contribution in [0.25, 0.3) is 22.2 Å². The molecule has 49 heavy (non-hydrogen) atoms. The lowest BCUT2D eigenvalue weighted by Crippen LogP contribution is -2.56. The minimum absolute atomic E-state index is 0.00502. The molecule has 7 rings (SSSR count). The van der Waals surface area contributed by atoms with Crippen LogP contribution in [-0.2, 0) is 27.6 Å². The standard InChI is InChI=1S/C34H37ClFN7O5S/c1-18(2)8-25-32(33(37)45)31(20-4-5-28-29(9-20)48-15-30(44)42(28)14-26-24(36)10-21(35)11-38-26)23-12-39-43(34(23)40-25)27-6-7-41(13-19(27)3)22-16-49(46,47)17-22/h4-5,9-12,18-19,22,27H,6-8,13-17H2,1-3H3,(H2,37,45)/t19-,27-/m1/s1. The van der Waals surface area contributed by atoms with E-state index in [1.54, 1.807) is 24.4 Å². The largest absolute Gasteiger partial charge is 0.482 e. The summed E-state index contributed by atoms with van der Waals surface area (Å²) in [5.41, 5.74) is 9.26. The van der Waals surface area contributed by atoms with Crippen molar-refractivity contribution in [3.05, 3.63) is 64.5 Å². The quantitative estimate of drug-likeness (QED) is 0.284. The number of carbonyl (C=O) groups is 2. The van der Waals surface area contributed by atoms with Crippen LogP contribution in [0.4, 0.5) is 10.1 Å². The van der Waals surface area contributed by atoms with Gasteiger partial charge in [-0.25, -0.2) is 22.5 Å². The number of hydrogen-bond acceptors (Lipinski definition) is 9. The van der Waals surface area contributed by atoms with Crippen LogP contribution in [0, 0.1) is 17.7 Å². The lowest BCUT2D eigenvalue weighted by Gasteiger charge is -2.44. The van der Waals surface area contributed by atoms with Crippen LogP contribution in [-0.4, -0.2) is 82.1 Å². The number of pyridine rings is 2. The number of anilines is 1. The maximum absolute atomic E-state index is 14.7. The van der Waals surface area contributed by atoms with Crippen LogP contribution in [0.5, 0.6) is 5.75 Å². The average molecular weight is 710 g/mol. The van der Waals surface area contributed by atoms with Crippen molar-refractivity contribution in [2.45, 2.75) is 52.2 Å². The van der Waals surface area contributed by atoms with Crippen LogP contribution < -0.4 is 15.4 Å². The molecule has 12 nitrogen and oxygen atoms in total. The molecule has 0 aliphatic carbocycles. The number of hydrogen-bond donors (Lipinski definition) is 1. The highest BCUT2D eigenvalue weighted by Crippen LogP contribution is 2.42. The predicted octanol–water partition coefficient (Wildman–Crippen LogP) is 4.19. The molecule has 2 atom stereocenters. The summed E-state index contributed by atoms with van der Waals surface area (Å²) >= 11 is 5.88. The van der Waals surface area contributed by atoms with Gasteiger partial charge in [-0.3, -0.25) is 24.4 Å². The van der Waals surface area contributed by atoms with Gasteiger partial charge in [-0.2, -0.15) is 5.10 Å². The topological polar surface area (TPSA) is 154 Å². The van der Waals surface area contributed by atoms with Gasteiger partial charge < -0.3 is 10.5 Å². The Morgan fingerprint density at radius 2 is 1.96 bits per heavy atom. The number of nitrogens with two attached hydrogens (primary N) is 1. The minimum Gasteiger partial charge on any atom is -0.482 e. The summed E-state index contributed by atoms with van der Waals surface area (Å²) in [7, 11) is -2.93. The summed E-state index contributed by atoms with van der Waals surface area (Å²) < 4.78 is 46.1. The van der Waals surface area contributed by atoms with E-state index in [4.69, 9.17) is 32.2 Å². The van der Waals surface area contributed by atoms with Crippen LogP contribution in [0.3, 0.4) is 0 Å². The predicted molar refractivity (Wildman–Crippen MR) is 183 cm³/mol. The van der Waals surface area contributed by atoms with Crippen molar-refractivity contribution < 1.29 is 27.1 Å². The number of benzene rings is 1. The van der Waals surface area contributed by atoms with E-state index in [0.29, 0.717) is 51.3 Å². The Hall–Kier alpha value is -4.14. The normalized spacial score (nSPS) is 21.1. The molecule has 2 saturated heterocycles. The van der Waals surface area contributed by atoms with Gasteiger partial charge >= 0.3 is 0 Å². The highest BCUT2D eigenvalue weighted by Gasteiger charge is 2.41. The molecule has 0 radical (unpaired) electrons. The van der Waals surface area contributed by atoms with E-state index < -0.39 is 21.6 Å². The molecule has 2 amide bonds. The van der Waals surface area contributed by atoms with Crippen LogP contribution >= 0.6 is 11.6 Å². The zero-order valence-corrected chi connectivity index (χ0v) is 29.0. The Morgan fingerprint density at radius 3 is 2.63 bits per heavy atom. The molecule has 0 bridgehead atoms. The van der Waals surface area contributed by atoms with E-state index in [1.165, 1.54) is 11.1 Å². The highest BCUT2D eigenvalue weighted by molar-refractivity contribution is 7.92. The molecule has 4 aromatic rings. The van der Waals surface area contributed by atoms with Crippen molar-refractivity contribution in [1.29, 1.82) is 0 Å². The molecule has 0 spiro atoms. The van der Waals surface area contributed by atoms with Gasteiger partial charge in [-0.15, -0.1) is 0 Å². The second-order valence-corrected chi connectivity index (χ2v) is 16.3. The number of nitrogens with zero attached hydrogens (tertiary/aromatic N) is 6. The molecule has 2 fully saturated rings. The molecule has 258 valence electrons. The van der Waals surface area contributed by atoms with E-state index in [2.05, 4.69) is 16.8 Å². The molecule has 3 aliphatic rings.